The molecule has 2 heterocycles. The van der Waals surface area contributed by atoms with Crippen molar-refractivity contribution in [2.24, 2.45) is 0 Å². The number of hydrogen-bond acceptors (Lipinski definition) is 4. The first kappa shape index (κ1) is 19.4. The van der Waals surface area contributed by atoms with Crippen LogP contribution in [0.15, 0.2) is 71.3 Å². The molecule has 148 valence electrons. The molecule has 29 heavy (non-hydrogen) atoms. The summed E-state index contributed by atoms with van der Waals surface area (Å²) in [7, 11) is 0. The lowest BCUT2D eigenvalue weighted by molar-refractivity contribution is -0.684. The van der Waals surface area contributed by atoms with Gasteiger partial charge in [0.1, 0.15) is 6.04 Å². The lowest BCUT2D eigenvalue weighted by atomic mass is 10.2. The van der Waals surface area contributed by atoms with E-state index in [4.69, 9.17) is 9.40 Å². The van der Waals surface area contributed by atoms with Gasteiger partial charge in [-0.25, -0.2) is 4.98 Å². The van der Waals surface area contributed by atoms with Crippen molar-refractivity contribution in [1.82, 2.24) is 4.98 Å². The maximum absolute atomic E-state index is 13.2. The molecule has 6 heteroatoms. The van der Waals surface area contributed by atoms with E-state index >= 15 is 0 Å². The number of hydrogen-bond donors (Lipinski definition) is 1. The quantitative estimate of drug-likeness (QED) is 0.503. The van der Waals surface area contributed by atoms with Gasteiger partial charge in [-0.05, 0) is 43.2 Å². The molecule has 1 atom stereocenters. The molecule has 0 aliphatic heterocycles. The second-order valence-corrected chi connectivity index (χ2v) is 8.14. The maximum atomic E-state index is 13.2. The molecule has 4 aromatic rings. The van der Waals surface area contributed by atoms with Crippen molar-refractivity contribution in [1.29, 1.82) is 0 Å². The van der Waals surface area contributed by atoms with Crippen molar-refractivity contribution < 1.29 is 14.5 Å². The van der Waals surface area contributed by atoms with Gasteiger partial charge in [-0.3, -0.25) is 9.69 Å². The molecule has 0 fully saturated rings. The van der Waals surface area contributed by atoms with Crippen LogP contribution in [0.2, 0.25) is 0 Å². The second kappa shape index (κ2) is 8.59. The van der Waals surface area contributed by atoms with Gasteiger partial charge < -0.3 is 9.73 Å². The number of carbonyl (C=O) groups is 1. The summed E-state index contributed by atoms with van der Waals surface area (Å²) in [5.41, 5.74) is 3.16. The van der Waals surface area contributed by atoms with Crippen molar-refractivity contribution in [3.63, 3.8) is 0 Å². The minimum absolute atomic E-state index is 0.0315. The van der Waals surface area contributed by atoms with Crippen molar-refractivity contribution >= 4 is 32.6 Å². The fourth-order valence-corrected chi connectivity index (χ4v) is 4.33. The van der Waals surface area contributed by atoms with Crippen LogP contribution in [0.25, 0.3) is 10.2 Å². The van der Waals surface area contributed by atoms with Crippen LogP contribution in [-0.2, 0) is 11.3 Å². The molecule has 0 bridgehead atoms. The van der Waals surface area contributed by atoms with Crippen LogP contribution < -0.4 is 10.2 Å². The van der Waals surface area contributed by atoms with Gasteiger partial charge >= 0.3 is 0 Å². The molecule has 2 aromatic heterocycles. The molecule has 0 saturated heterocycles. The highest BCUT2D eigenvalue weighted by molar-refractivity contribution is 7.22. The Morgan fingerprint density at radius 3 is 2.69 bits per heavy atom. The van der Waals surface area contributed by atoms with E-state index < -0.39 is 0 Å². The van der Waals surface area contributed by atoms with Crippen LogP contribution in [0, 0.1) is 6.92 Å². The number of amides is 1. The normalized spacial score (nSPS) is 12.2. The zero-order chi connectivity index (χ0) is 20.2. The minimum Gasteiger partial charge on any atom is -0.463 e. The summed E-state index contributed by atoms with van der Waals surface area (Å²) < 4.78 is 6.55. The summed E-state index contributed by atoms with van der Waals surface area (Å²) in [5, 5.41) is 2.74. The van der Waals surface area contributed by atoms with E-state index in [2.05, 4.69) is 6.07 Å². The fourth-order valence-electron chi connectivity index (χ4n) is 3.27. The van der Waals surface area contributed by atoms with Gasteiger partial charge in [-0.2, -0.15) is 0 Å². The number of nitrogens with zero attached hydrogens (tertiary/aromatic N) is 2. The first-order valence-corrected chi connectivity index (χ1v) is 10.5. The van der Waals surface area contributed by atoms with Gasteiger partial charge in [0.25, 0.3) is 5.91 Å². The molecule has 1 amide bonds. The third-order valence-corrected chi connectivity index (χ3v) is 6.01. The van der Waals surface area contributed by atoms with Gasteiger partial charge in [-0.1, -0.05) is 53.8 Å². The highest BCUT2D eigenvalue weighted by Crippen LogP contribution is 2.31. The Kier molecular flexibility index (Phi) is 5.74. The monoisotopic (exact) mass is 406 g/mol. The fraction of sp³-hybridized carbons (Fsp3) is 0.217. The number of nitrogens with two attached hydrogens (primary N) is 1. The lowest BCUT2D eigenvalue weighted by Crippen LogP contribution is -2.87. The second-order valence-electron chi connectivity index (χ2n) is 7.13. The number of aryl methyl sites for hydroxylation is 1. The summed E-state index contributed by atoms with van der Waals surface area (Å²) >= 11 is 1.56. The number of quaternary nitrogens is 1. The number of aromatic nitrogens is 1. The summed E-state index contributed by atoms with van der Waals surface area (Å²) in [4.78, 5) is 19.8. The third-order valence-electron chi connectivity index (χ3n) is 4.96. The van der Waals surface area contributed by atoms with Crippen LogP contribution in [0.1, 0.15) is 29.9 Å². The molecular formula is C23H24N3O2S+. The Hall–Kier alpha value is -2.96. The number of furan rings is 1. The van der Waals surface area contributed by atoms with E-state index in [1.54, 1.807) is 22.5 Å². The zero-order valence-corrected chi connectivity index (χ0v) is 17.4. The standard InChI is InChI=1S/C23H23N3O2S/c1-16-8-6-12-20-22(16)25-23(29-20)26(15-18-9-4-3-5-10-18)21(27)14-24-17(2)19-11-7-13-28-19/h3-13,17,24H,14-15H2,1-2H3/p+1/t17-/m1/s1. The van der Waals surface area contributed by atoms with E-state index in [0.717, 1.165) is 32.2 Å². The van der Waals surface area contributed by atoms with Crippen molar-refractivity contribution in [2.75, 3.05) is 11.4 Å². The van der Waals surface area contributed by atoms with Gasteiger partial charge in [0, 0.05) is 0 Å². The highest BCUT2D eigenvalue weighted by Gasteiger charge is 2.23. The Morgan fingerprint density at radius 2 is 1.97 bits per heavy atom. The number of benzene rings is 2. The number of thiazole rings is 1. The zero-order valence-electron chi connectivity index (χ0n) is 16.5. The molecule has 0 aliphatic carbocycles. The summed E-state index contributed by atoms with van der Waals surface area (Å²) in [6, 6.07) is 20.0. The van der Waals surface area contributed by atoms with Crippen molar-refractivity contribution in [3.8, 4) is 0 Å². The maximum Gasteiger partial charge on any atom is 0.284 e. The molecule has 0 saturated carbocycles. The first-order valence-electron chi connectivity index (χ1n) is 9.69. The third kappa shape index (κ3) is 4.39. The van der Waals surface area contributed by atoms with Crippen LogP contribution in [-0.4, -0.2) is 17.4 Å². The highest BCUT2D eigenvalue weighted by atomic mass is 32.1. The molecule has 0 unspecified atom stereocenters. The summed E-state index contributed by atoms with van der Waals surface area (Å²) in [6.45, 7) is 4.91. The van der Waals surface area contributed by atoms with Gasteiger partial charge in [0.05, 0.1) is 23.0 Å². The molecular weight excluding hydrogens is 382 g/mol. The largest absolute Gasteiger partial charge is 0.463 e. The Labute approximate surface area is 174 Å². The first-order chi connectivity index (χ1) is 14.1. The SMILES string of the molecule is Cc1cccc2sc(N(Cc3ccccc3)C(=O)C[NH2+][C@H](C)c3ccco3)nc12. The molecule has 0 aliphatic rings. The van der Waals surface area contributed by atoms with E-state index in [1.165, 1.54) is 0 Å². The molecule has 0 spiro atoms. The molecule has 4 rings (SSSR count). The lowest BCUT2D eigenvalue weighted by Gasteiger charge is -2.20. The van der Waals surface area contributed by atoms with Crippen molar-refractivity contribution in [2.45, 2.75) is 26.4 Å². The Morgan fingerprint density at radius 1 is 1.14 bits per heavy atom. The molecule has 2 aromatic carbocycles. The number of rotatable bonds is 7. The smallest absolute Gasteiger partial charge is 0.284 e. The topological polar surface area (TPSA) is 63.0 Å². The number of carbonyl (C=O) groups excluding carboxylic acids is 1. The molecule has 2 N–H and O–H groups in total. The Bertz CT molecular complexity index is 1090. The average Bonchev–Trinajstić information content (AvgIpc) is 3.41. The van der Waals surface area contributed by atoms with Crippen LogP contribution in [0.4, 0.5) is 5.13 Å². The minimum atomic E-state index is 0.0315. The predicted octanol–water partition coefficient (Wildman–Crippen LogP) is 4.06. The number of fused-ring (bicyclic) bond motifs is 1. The van der Waals surface area contributed by atoms with E-state index in [-0.39, 0.29) is 11.9 Å². The van der Waals surface area contributed by atoms with E-state index in [1.807, 2.05) is 73.8 Å². The molecule has 5 nitrogen and oxygen atoms in total. The van der Waals surface area contributed by atoms with E-state index in [0.29, 0.717) is 13.1 Å². The van der Waals surface area contributed by atoms with Gasteiger partial charge in [-0.15, -0.1) is 0 Å². The number of anilines is 1. The Balaban J connectivity index is 1.58. The van der Waals surface area contributed by atoms with Crippen LogP contribution >= 0.6 is 11.3 Å². The van der Waals surface area contributed by atoms with Gasteiger partial charge in [0.15, 0.2) is 17.4 Å². The average molecular weight is 407 g/mol. The molecule has 0 radical (unpaired) electrons. The van der Waals surface area contributed by atoms with Crippen LogP contribution in [0.3, 0.4) is 0 Å². The van der Waals surface area contributed by atoms with Crippen LogP contribution in [0.5, 0.6) is 0 Å². The van der Waals surface area contributed by atoms with Crippen molar-refractivity contribution in [3.05, 3.63) is 83.8 Å². The number of para-hydroxylation sites is 1. The summed E-state index contributed by atoms with van der Waals surface area (Å²) in [5.74, 6) is 0.895. The van der Waals surface area contributed by atoms with E-state index in [9.17, 15) is 4.79 Å². The summed E-state index contributed by atoms with van der Waals surface area (Å²) in [6.07, 6.45) is 1.66. The predicted molar refractivity (Wildman–Crippen MR) is 116 cm³/mol. The van der Waals surface area contributed by atoms with Gasteiger partial charge in [0.2, 0.25) is 0 Å².